The van der Waals surface area contributed by atoms with Gasteiger partial charge in [0.15, 0.2) is 0 Å². The molecule has 0 aliphatic heterocycles. The second kappa shape index (κ2) is 9.14. The molecule has 4 heteroatoms. The number of nitrogens with one attached hydrogen (secondary N) is 1. The maximum atomic E-state index is 13.0. The SMILES string of the molecule is CCc1ccc(Sc2cc(C(=O)NCc3ccc(C)cc3)c3ccccc3n2)cc1. The first-order valence-electron chi connectivity index (χ1n) is 10.1. The number of pyridine rings is 1. The third-order valence-electron chi connectivity index (χ3n) is 5.06. The highest BCUT2D eigenvalue weighted by molar-refractivity contribution is 7.99. The number of rotatable bonds is 6. The molecule has 4 aromatic rings. The van der Waals surface area contributed by atoms with Crippen LogP contribution in [-0.2, 0) is 13.0 Å². The minimum absolute atomic E-state index is 0.0858. The molecule has 0 fully saturated rings. The summed E-state index contributed by atoms with van der Waals surface area (Å²) in [6.07, 6.45) is 1.02. The smallest absolute Gasteiger partial charge is 0.252 e. The fourth-order valence-electron chi connectivity index (χ4n) is 3.29. The Labute approximate surface area is 181 Å². The number of aryl methyl sites for hydroxylation is 2. The molecule has 0 spiro atoms. The van der Waals surface area contributed by atoms with Crippen molar-refractivity contribution in [2.24, 2.45) is 0 Å². The van der Waals surface area contributed by atoms with Gasteiger partial charge in [0.25, 0.3) is 5.91 Å². The Hall–Kier alpha value is -3.11. The van der Waals surface area contributed by atoms with Crippen LogP contribution in [0.25, 0.3) is 10.9 Å². The van der Waals surface area contributed by atoms with E-state index in [1.54, 1.807) is 11.8 Å². The standard InChI is InChI=1S/C26H24N2OS/c1-3-19-12-14-21(15-13-19)30-25-16-23(22-6-4-5-7-24(22)28-25)26(29)27-17-20-10-8-18(2)9-11-20/h4-16H,3,17H2,1-2H3,(H,27,29). The van der Waals surface area contributed by atoms with Crippen LogP contribution in [0.1, 0.15) is 34.0 Å². The van der Waals surface area contributed by atoms with E-state index in [9.17, 15) is 4.79 Å². The largest absolute Gasteiger partial charge is 0.348 e. The molecule has 1 N–H and O–H groups in total. The van der Waals surface area contributed by atoms with Crippen LogP contribution in [0.4, 0.5) is 0 Å². The summed E-state index contributed by atoms with van der Waals surface area (Å²) in [6, 6.07) is 26.4. The van der Waals surface area contributed by atoms with E-state index in [4.69, 9.17) is 4.98 Å². The van der Waals surface area contributed by atoms with Crippen molar-refractivity contribution < 1.29 is 4.79 Å². The van der Waals surface area contributed by atoms with Gasteiger partial charge in [0.05, 0.1) is 11.1 Å². The summed E-state index contributed by atoms with van der Waals surface area (Å²) in [5, 5.41) is 4.74. The van der Waals surface area contributed by atoms with Crippen molar-refractivity contribution in [2.45, 2.75) is 36.7 Å². The molecular weight excluding hydrogens is 388 g/mol. The summed E-state index contributed by atoms with van der Waals surface area (Å²) < 4.78 is 0. The first-order chi connectivity index (χ1) is 14.6. The van der Waals surface area contributed by atoms with Crippen LogP contribution in [-0.4, -0.2) is 10.9 Å². The number of fused-ring (bicyclic) bond motifs is 1. The van der Waals surface area contributed by atoms with E-state index in [2.05, 4.69) is 55.6 Å². The lowest BCUT2D eigenvalue weighted by Crippen LogP contribution is -2.23. The maximum Gasteiger partial charge on any atom is 0.252 e. The van der Waals surface area contributed by atoms with Gasteiger partial charge in [-0.3, -0.25) is 4.79 Å². The van der Waals surface area contributed by atoms with Crippen LogP contribution in [0.2, 0.25) is 0 Å². The first-order valence-corrected chi connectivity index (χ1v) is 10.9. The van der Waals surface area contributed by atoms with Crippen molar-refractivity contribution >= 4 is 28.6 Å². The van der Waals surface area contributed by atoms with Crippen LogP contribution < -0.4 is 5.32 Å². The molecule has 0 saturated carbocycles. The summed E-state index contributed by atoms with van der Waals surface area (Å²) in [5.41, 5.74) is 5.08. The summed E-state index contributed by atoms with van der Waals surface area (Å²) in [4.78, 5) is 18.9. The highest BCUT2D eigenvalue weighted by atomic mass is 32.2. The van der Waals surface area contributed by atoms with Crippen molar-refractivity contribution in [3.8, 4) is 0 Å². The molecule has 0 atom stereocenters. The number of carbonyl (C=O) groups is 1. The Morgan fingerprint density at radius 2 is 1.63 bits per heavy atom. The number of para-hydroxylation sites is 1. The molecule has 150 valence electrons. The Morgan fingerprint density at radius 1 is 0.933 bits per heavy atom. The van der Waals surface area contributed by atoms with Crippen molar-refractivity contribution in [1.29, 1.82) is 0 Å². The van der Waals surface area contributed by atoms with Gasteiger partial charge in [0, 0.05) is 16.8 Å². The Balaban J connectivity index is 1.60. The fourth-order valence-corrected chi connectivity index (χ4v) is 4.12. The molecule has 0 bridgehead atoms. The number of amides is 1. The summed E-state index contributed by atoms with van der Waals surface area (Å²) in [6.45, 7) is 4.70. The number of hydrogen-bond acceptors (Lipinski definition) is 3. The number of nitrogens with zero attached hydrogens (tertiary/aromatic N) is 1. The van der Waals surface area contributed by atoms with Crippen molar-refractivity contribution in [3.63, 3.8) is 0 Å². The average molecular weight is 413 g/mol. The lowest BCUT2D eigenvalue weighted by Gasteiger charge is -2.11. The van der Waals surface area contributed by atoms with E-state index in [-0.39, 0.29) is 5.91 Å². The zero-order chi connectivity index (χ0) is 20.9. The monoisotopic (exact) mass is 412 g/mol. The molecule has 0 aliphatic carbocycles. The van der Waals surface area contributed by atoms with Gasteiger partial charge in [-0.2, -0.15) is 0 Å². The van der Waals surface area contributed by atoms with Gasteiger partial charge in [0.2, 0.25) is 0 Å². The van der Waals surface area contributed by atoms with Crippen molar-refractivity contribution in [3.05, 3.63) is 101 Å². The number of aromatic nitrogens is 1. The number of benzene rings is 3. The van der Waals surface area contributed by atoms with Crippen LogP contribution in [0.3, 0.4) is 0 Å². The van der Waals surface area contributed by atoms with Gasteiger partial charge in [-0.15, -0.1) is 0 Å². The minimum Gasteiger partial charge on any atom is -0.348 e. The molecule has 3 nitrogen and oxygen atoms in total. The Kier molecular flexibility index (Phi) is 6.15. The normalized spacial score (nSPS) is 10.9. The van der Waals surface area contributed by atoms with E-state index in [1.165, 1.54) is 11.1 Å². The second-order valence-corrected chi connectivity index (χ2v) is 8.39. The number of carbonyl (C=O) groups excluding carboxylic acids is 1. The first kappa shape index (κ1) is 20.2. The van der Waals surface area contributed by atoms with E-state index < -0.39 is 0 Å². The van der Waals surface area contributed by atoms with Gasteiger partial charge in [-0.25, -0.2) is 4.98 Å². The minimum atomic E-state index is -0.0858. The lowest BCUT2D eigenvalue weighted by molar-refractivity contribution is 0.0952. The third-order valence-corrected chi connectivity index (χ3v) is 5.99. The van der Waals surface area contributed by atoms with E-state index in [1.807, 2.05) is 42.5 Å². The molecule has 1 heterocycles. The molecule has 3 aromatic carbocycles. The predicted octanol–water partition coefficient (Wildman–Crippen LogP) is 6.19. The summed E-state index contributed by atoms with van der Waals surface area (Å²) in [5.74, 6) is -0.0858. The van der Waals surface area contributed by atoms with Gasteiger partial charge < -0.3 is 5.32 Å². The Bertz CT molecular complexity index is 1170. The molecule has 30 heavy (non-hydrogen) atoms. The second-order valence-electron chi connectivity index (χ2n) is 7.29. The third kappa shape index (κ3) is 4.71. The van der Waals surface area contributed by atoms with Crippen LogP contribution in [0.15, 0.2) is 88.8 Å². The van der Waals surface area contributed by atoms with E-state index >= 15 is 0 Å². The molecule has 4 rings (SSSR count). The number of hydrogen-bond donors (Lipinski definition) is 1. The maximum absolute atomic E-state index is 13.0. The van der Waals surface area contributed by atoms with Crippen LogP contribution >= 0.6 is 11.8 Å². The zero-order valence-corrected chi connectivity index (χ0v) is 18.0. The zero-order valence-electron chi connectivity index (χ0n) is 17.2. The van der Waals surface area contributed by atoms with Gasteiger partial charge >= 0.3 is 0 Å². The molecule has 0 radical (unpaired) electrons. The van der Waals surface area contributed by atoms with E-state index in [0.717, 1.165) is 32.8 Å². The fraction of sp³-hybridized carbons (Fsp3) is 0.154. The highest BCUT2D eigenvalue weighted by Crippen LogP contribution is 2.30. The molecule has 0 aliphatic rings. The molecule has 0 unspecified atom stereocenters. The predicted molar refractivity (Wildman–Crippen MR) is 124 cm³/mol. The van der Waals surface area contributed by atoms with E-state index in [0.29, 0.717) is 12.1 Å². The molecule has 1 aromatic heterocycles. The van der Waals surface area contributed by atoms with Crippen LogP contribution in [0.5, 0.6) is 0 Å². The van der Waals surface area contributed by atoms with Gasteiger partial charge in [0.1, 0.15) is 5.03 Å². The average Bonchev–Trinajstić information content (AvgIpc) is 2.78. The summed E-state index contributed by atoms with van der Waals surface area (Å²) in [7, 11) is 0. The lowest BCUT2D eigenvalue weighted by atomic mass is 10.1. The van der Waals surface area contributed by atoms with Gasteiger partial charge in [-0.05, 0) is 48.7 Å². The van der Waals surface area contributed by atoms with Gasteiger partial charge in [-0.1, -0.05) is 78.8 Å². The highest BCUT2D eigenvalue weighted by Gasteiger charge is 2.13. The molecular formula is C26H24N2OS. The summed E-state index contributed by atoms with van der Waals surface area (Å²) >= 11 is 1.58. The van der Waals surface area contributed by atoms with Crippen LogP contribution in [0, 0.1) is 6.92 Å². The molecule has 1 amide bonds. The quantitative estimate of drug-likeness (QED) is 0.411. The Morgan fingerprint density at radius 3 is 2.37 bits per heavy atom. The topological polar surface area (TPSA) is 42.0 Å². The molecule has 0 saturated heterocycles. The van der Waals surface area contributed by atoms with Crippen molar-refractivity contribution in [2.75, 3.05) is 0 Å². The van der Waals surface area contributed by atoms with Crippen molar-refractivity contribution in [1.82, 2.24) is 10.3 Å².